The van der Waals surface area contributed by atoms with E-state index in [9.17, 15) is 15.0 Å². The lowest BCUT2D eigenvalue weighted by molar-refractivity contribution is 0.0572. The second-order valence-corrected chi connectivity index (χ2v) is 4.27. The lowest BCUT2D eigenvalue weighted by Gasteiger charge is -2.17. The predicted octanol–water partition coefficient (Wildman–Crippen LogP) is -0.309. The lowest BCUT2D eigenvalue weighted by atomic mass is 10.2. The molecule has 0 aromatic carbocycles. The van der Waals surface area contributed by atoms with Gasteiger partial charge in [-0.2, -0.15) is 0 Å². The van der Waals surface area contributed by atoms with Crippen molar-refractivity contribution < 1.29 is 15.0 Å². The number of hydrogen-bond donors (Lipinski definition) is 3. The summed E-state index contributed by atoms with van der Waals surface area (Å²) >= 11 is 0. The summed E-state index contributed by atoms with van der Waals surface area (Å²) in [6, 6.07) is 3.38. The zero-order chi connectivity index (χ0) is 13.1. The number of aromatic nitrogens is 1. The third-order valence-corrected chi connectivity index (χ3v) is 2.93. The Morgan fingerprint density at radius 2 is 2.17 bits per heavy atom. The number of pyridine rings is 1. The summed E-state index contributed by atoms with van der Waals surface area (Å²) in [5.41, 5.74) is 0.459. The van der Waals surface area contributed by atoms with Crippen LogP contribution >= 0.6 is 0 Å². The van der Waals surface area contributed by atoms with E-state index in [0.717, 1.165) is 0 Å². The fraction of sp³-hybridized carbons (Fsp3) is 0.500. The number of rotatable bonds is 3. The van der Waals surface area contributed by atoms with E-state index in [-0.39, 0.29) is 19.0 Å². The molecule has 1 aromatic heterocycles. The molecule has 18 heavy (non-hydrogen) atoms. The zero-order valence-electron chi connectivity index (χ0n) is 10.2. The number of likely N-dealkylation sites (tertiary alicyclic amines) is 1. The van der Waals surface area contributed by atoms with Gasteiger partial charge >= 0.3 is 0 Å². The molecule has 1 aliphatic rings. The predicted molar refractivity (Wildman–Crippen MR) is 66.3 cm³/mol. The quantitative estimate of drug-likeness (QED) is 0.686. The smallest absolute Gasteiger partial charge is 0.257 e. The van der Waals surface area contributed by atoms with Crippen LogP contribution in [0.5, 0.6) is 0 Å². The lowest BCUT2D eigenvalue weighted by Crippen LogP contribution is -2.30. The van der Waals surface area contributed by atoms with Crippen molar-refractivity contribution in [1.29, 1.82) is 0 Å². The molecule has 2 rings (SSSR count). The molecule has 2 atom stereocenters. The topological polar surface area (TPSA) is 85.7 Å². The van der Waals surface area contributed by atoms with Crippen LogP contribution < -0.4 is 5.32 Å². The van der Waals surface area contributed by atoms with Gasteiger partial charge in [0.05, 0.1) is 17.8 Å². The molecule has 1 saturated heterocycles. The molecule has 0 saturated carbocycles. The van der Waals surface area contributed by atoms with E-state index in [0.29, 0.717) is 17.9 Å². The molecule has 1 fully saturated rings. The van der Waals surface area contributed by atoms with E-state index >= 15 is 0 Å². The summed E-state index contributed by atoms with van der Waals surface area (Å²) in [5, 5.41) is 21.9. The molecule has 6 nitrogen and oxygen atoms in total. The Morgan fingerprint density at radius 1 is 1.50 bits per heavy atom. The Balaban J connectivity index is 2.19. The maximum atomic E-state index is 12.3. The molecule has 1 aromatic rings. The molecule has 2 heterocycles. The molecule has 2 unspecified atom stereocenters. The molecular weight excluding hydrogens is 234 g/mol. The van der Waals surface area contributed by atoms with Gasteiger partial charge in [-0.3, -0.25) is 4.79 Å². The Bertz CT molecular complexity index is 428. The number of aliphatic hydroxyl groups excluding tert-OH is 2. The minimum absolute atomic E-state index is 0.153. The minimum Gasteiger partial charge on any atom is -0.388 e. The van der Waals surface area contributed by atoms with E-state index in [1.807, 2.05) is 6.92 Å². The van der Waals surface area contributed by atoms with Crippen LogP contribution in [0.2, 0.25) is 0 Å². The highest BCUT2D eigenvalue weighted by Crippen LogP contribution is 2.18. The van der Waals surface area contributed by atoms with Gasteiger partial charge in [0.25, 0.3) is 5.91 Å². The molecule has 0 spiro atoms. The first-order valence-corrected chi connectivity index (χ1v) is 5.97. The van der Waals surface area contributed by atoms with Crippen molar-refractivity contribution >= 4 is 11.7 Å². The van der Waals surface area contributed by atoms with Crippen LogP contribution in [0, 0.1) is 0 Å². The number of β-amino-alcohol motifs (C(OH)–C–C–N with tert-alkyl or cyclic N) is 2. The van der Waals surface area contributed by atoms with Crippen LogP contribution in [0.4, 0.5) is 5.82 Å². The van der Waals surface area contributed by atoms with Crippen molar-refractivity contribution in [2.45, 2.75) is 19.1 Å². The normalized spacial score (nSPS) is 23.2. The zero-order valence-corrected chi connectivity index (χ0v) is 10.2. The summed E-state index contributed by atoms with van der Waals surface area (Å²) in [4.78, 5) is 17.8. The largest absolute Gasteiger partial charge is 0.388 e. The van der Waals surface area contributed by atoms with Crippen molar-refractivity contribution in [3.05, 3.63) is 23.9 Å². The molecule has 1 amide bonds. The molecule has 0 radical (unpaired) electrons. The van der Waals surface area contributed by atoms with E-state index < -0.39 is 12.2 Å². The SMILES string of the molecule is CCNc1ncccc1C(=O)N1CC(O)C(O)C1. The summed E-state index contributed by atoms with van der Waals surface area (Å²) in [5.74, 6) is 0.301. The summed E-state index contributed by atoms with van der Waals surface area (Å²) in [6.07, 6.45) is -0.121. The third-order valence-electron chi connectivity index (χ3n) is 2.93. The van der Waals surface area contributed by atoms with Gasteiger partial charge in [-0.05, 0) is 19.1 Å². The van der Waals surface area contributed by atoms with Gasteiger partial charge in [0.1, 0.15) is 5.82 Å². The number of anilines is 1. The number of nitrogens with one attached hydrogen (secondary N) is 1. The monoisotopic (exact) mass is 251 g/mol. The van der Waals surface area contributed by atoms with Gasteiger partial charge in [0, 0.05) is 25.8 Å². The number of aliphatic hydroxyl groups is 2. The number of carbonyl (C=O) groups excluding carboxylic acids is 1. The second kappa shape index (κ2) is 5.32. The molecule has 0 bridgehead atoms. The Hall–Kier alpha value is -1.66. The van der Waals surface area contributed by atoms with Crippen LogP contribution in [-0.2, 0) is 0 Å². The average Bonchev–Trinajstić information content (AvgIpc) is 2.70. The summed E-state index contributed by atoms with van der Waals surface area (Å²) < 4.78 is 0. The molecule has 3 N–H and O–H groups in total. The Kier molecular flexibility index (Phi) is 3.78. The molecule has 6 heteroatoms. The highest BCUT2D eigenvalue weighted by molar-refractivity contribution is 5.98. The fourth-order valence-corrected chi connectivity index (χ4v) is 1.99. The third kappa shape index (κ3) is 2.44. The molecule has 0 aliphatic carbocycles. The number of nitrogens with zero attached hydrogens (tertiary/aromatic N) is 2. The number of amides is 1. The molecule has 98 valence electrons. The first-order chi connectivity index (χ1) is 8.63. The van der Waals surface area contributed by atoms with E-state index in [4.69, 9.17) is 0 Å². The van der Waals surface area contributed by atoms with Gasteiger partial charge in [0.2, 0.25) is 0 Å². The van der Waals surface area contributed by atoms with Crippen LogP contribution in [0.1, 0.15) is 17.3 Å². The van der Waals surface area contributed by atoms with Crippen LogP contribution in [0.15, 0.2) is 18.3 Å². The summed E-state index contributed by atoms with van der Waals surface area (Å²) in [6.45, 7) is 2.90. The van der Waals surface area contributed by atoms with Crippen molar-refractivity contribution in [3.63, 3.8) is 0 Å². The standard InChI is InChI=1S/C12H17N3O3/c1-2-13-11-8(4-3-5-14-11)12(18)15-6-9(16)10(17)7-15/h3-5,9-10,16-17H,2,6-7H2,1H3,(H,13,14). The van der Waals surface area contributed by atoms with Crippen LogP contribution in [0.3, 0.4) is 0 Å². The molecular formula is C12H17N3O3. The van der Waals surface area contributed by atoms with E-state index in [1.54, 1.807) is 18.3 Å². The van der Waals surface area contributed by atoms with E-state index in [1.165, 1.54) is 4.90 Å². The van der Waals surface area contributed by atoms with Gasteiger partial charge in [-0.15, -0.1) is 0 Å². The number of hydrogen-bond acceptors (Lipinski definition) is 5. The van der Waals surface area contributed by atoms with Gasteiger partial charge < -0.3 is 20.4 Å². The first-order valence-electron chi connectivity index (χ1n) is 5.97. The van der Waals surface area contributed by atoms with Crippen LogP contribution in [0.25, 0.3) is 0 Å². The van der Waals surface area contributed by atoms with Crippen molar-refractivity contribution in [3.8, 4) is 0 Å². The Labute approximate surface area is 105 Å². The maximum Gasteiger partial charge on any atom is 0.257 e. The van der Waals surface area contributed by atoms with Gasteiger partial charge in [-0.25, -0.2) is 4.98 Å². The maximum absolute atomic E-state index is 12.3. The van der Waals surface area contributed by atoms with Crippen LogP contribution in [-0.4, -0.2) is 57.8 Å². The fourth-order valence-electron chi connectivity index (χ4n) is 1.99. The van der Waals surface area contributed by atoms with E-state index in [2.05, 4.69) is 10.3 Å². The van der Waals surface area contributed by atoms with Gasteiger partial charge in [-0.1, -0.05) is 0 Å². The number of carbonyl (C=O) groups is 1. The first kappa shape index (κ1) is 12.8. The minimum atomic E-state index is -0.867. The average molecular weight is 251 g/mol. The highest BCUT2D eigenvalue weighted by atomic mass is 16.3. The highest BCUT2D eigenvalue weighted by Gasteiger charge is 2.33. The van der Waals surface area contributed by atoms with Crippen molar-refractivity contribution in [2.75, 3.05) is 25.0 Å². The second-order valence-electron chi connectivity index (χ2n) is 4.27. The van der Waals surface area contributed by atoms with Crippen molar-refractivity contribution in [2.24, 2.45) is 0 Å². The summed E-state index contributed by atoms with van der Waals surface area (Å²) in [7, 11) is 0. The van der Waals surface area contributed by atoms with Crippen molar-refractivity contribution in [1.82, 2.24) is 9.88 Å². The molecule has 1 aliphatic heterocycles. The van der Waals surface area contributed by atoms with Gasteiger partial charge in [0.15, 0.2) is 0 Å². The Morgan fingerprint density at radius 3 is 2.78 bits per heavy atom.